The summed E-state index contributed by atoms with van der Waals surface area (Å²) in [6.07, 6.45) is 1.42. The average Bonchev–Trinajstić information content (AvgIpc) is 0.769. The van der Waals surface area contributed by atoms with Gasteiger partial charge in [0.05, 0.1) is 0 Å². The predicted molar refractivity (Wildman–Crippen MR) is 380 cm³/mol. The standard InChI is InChI=1S/C86H92O8/c1-83(2,3)71-41-63-37-64-42-72(84(4,5)6)44-66(80(64)88)39-68-46-74(86(10,11)12)48-70(82(68)94-56-62-35-77(91-53-59-29-21-15-22-30-59)50-78(36-62)92-54-60-31-23-16-24-32-60)40-69-47-73(85(7,8)9)45-67(38-65(43-71)79(63)87)81(69)93-55-61-33-75(89-51-57-25-17-13-18-26-57)49-76(34-61)90-52-58-27-19-14-20-28-58/h13-36,41-50,87-88H,37-40,51-56H2,1-12H3. The number of benzene rings is 10. The van der Waals surface area contributed by atoms with Crippen molar-refractivity contribution in [2.24, 2.45) is 0 Å². The van der Waals surface area contributed by atoms with Gasteiger partial charge in [-0.3, -0.25) is 0 Å². The minimum Gasteiger partial charge on any atom is -0.507 e. The monoisotopic (exact) mass is 1250 g/mol. The number of ether oxygens (including phenoxy) is 6. The molecule has 10 aromatic carbocycles. The molecule has 0 heterocycles. The lowest BCUT2D eigenvalue weighted by molar-refractivity contribution is 0.279. The molecule has 1 aliphatic carbocycles. The molecule has 8 heteroatoms. The van der Waals surface area contributed by atoms with Crippen LogP contribution < -0.4 is 28.4 Å². The summed E-state index contributed by atoms with van der Waals surface area (Å²) in [5.74, 6) is 4.51. The lowest BCUT2D eigenvalue weighted by Gasteiger charge is -2.28. The second kappa shape index (κ2) is 28.0. The number of phenolic OH excluding ortho intramolecular Hbond substituents is 2. The van der Waals surface area contributed by atoms with Crippen LogP contribution in [0.1, 0.15) is 183 Å². The first-order valence-electron chi connectivity index (χ1n) is 33.1. The molecule has 0 unspecified atom stereocenters. The van der Waals surface area contributed by atoms with E-state index in [2.05, 4.69) is 180 Å². The Labute approximate surface area is 558 Å². The second-order valence-electron chi connectivity index (χ2n) is 29.5. The minimum absolute atomic E-state index is 0.177. The molecule has 11 rings (SSSR count). The topological polar surface area (TPSA) is 95.8 Å². The highest BCUT2D eigenvalue weighted by Crippen LogP contribution is 2.45. The molecule has 8 nitrogen and oxygen atoms in total. The van der Waals surface area contributed by atoms with E-state index in [-0.39, 0.29) is 46.4 Å². The number of phenols is 2. The van der Waals surface area contributed by atoms with Crippen LogP contribution in [0.5, 0.6) is 46.0 Å². The van der Waals surface area contributed by atoms with Gasteiger partial charge in [0.1, 0.15) is 85.6 Å². The molecule has 8 bridgehead atoms. The molecule has 2 N–H and O–H groups in total. The number of hydrogen-bond donors (Lipinski definition) is 2. The highest BCUT2D eigenvalue weighted by Gasteiger charge is 2.29. The van der Waals surface area contributed by atoms with Crippen molar-refractivity contribution >= 4 is 0 Å². The fourth-order valence-corrected chi connectivity index (χ4v) is 12.1. The summed E-state index contributed by atoms with van der Waals surface area (Å²) >= 11 is 0. The second-order valence-corrected chi connectivity index (χ2v) is 29.5. The van der Waals surface area contributed by atoms with E-state index in [1.807, 2.05) is 109 Å². The SMILES string of the molecule is CC(C)(C)c1cc2c(O)c(c1)Cc1cc(C(C)(C)C)cc(c1OCc1cc(OCc3ccccc3)cc(OCc3ccccc3)c1)Cc1cc(C(C)(C)C)cc(c1OCc1cc(OCc3ccccc3)cc(OCc3ccccc3)c1)Cc1cc(C(C)(C)C)cc(c1O)C2. The van der Waals surface area contributed by atoms with Gasteiger partial charge in [0, 0.05) is 37.8 Å². The third-order valence-corrected chi connectivity index (χ3v) is 17.6. The molecule has 0 saturated carbocycles. The van der Waals surface area contributed by atoms with Crippen LogP contribution in [0.15, 0.2) is 206 Å². The predicted octanol–water partition coefficient (Wildman–Crippen LogP) is 20.4. The molecule has 0 aromatic heterocycles. The van der Waals surface area contributed by atoms with Gasteiger partial charge in [-0.15, -0.1) is 0 Å². The Bertz CT molecular complexity index is 3840. The summed E-state index contributed by atoms with van der Waals surface area (Å²) in [4.78, 5) is 0. The Morgan fingerprint density at radius 2 is 0.447 bits per heavy atom. The molecule has 484 valence electrons. The number of fused-ring (bicyclic) bond motifs is 8. The van der Waals surface area contributed by atoms with Gasteiger partial charge in [-0.1, -0.05) is 253 Å². The van der Waals surface area contributed by atoms with Crippen LogP contribution >= 0.6 is 0 Å². The summed E-state index contributed by atoms with van der Waals surface area (Å²) in [6, 6.07) is 70.6. The van der Waals surface area contributed by atoms with E-state index in [4.69, 9.17) is 28.4 Å². The quantitative estimate of drug-likeness (QED) is 0.0877. The van der Waals surface area contributed by atoms with E-state index in [9.17, 15) is 10.2 Å². The largest absolute Gasteiger partial charge is 0.507 e. The summed E-state index contributed by atoms with van der Waals surface area (Å²) < 4.78 is 41.2. The lowest BCUT2D eigenvalue weighted by Crippen LogP contribution is -2.17. The van der Waals surface area contributed by atoms with E-state index in [1.54, 1.807) is 0 Å². The maximum atomic E-state index is 12.9. The number of hydrogen-bond acceptors (Lipinski definition) is 8. The Kier molecular flexibility index (Phi) is 19.7. The number of rotatable bonds is 18. The van der Waals surface area contributed by atoms with Crippen LogP contribution in [0.2, 0.25) is 0 Å². The van der Waals surface area contributed by atoms with Gasteiger partial charge in [-0.25, -0.2) is 0 Å². The normalized spacial score (nSPS) is 12.6. The van der Waals surface area contributed by atoms with Crippen molar-refractivity contribution in [3.63, 3.8) is 0 Å². The molecular formula is C86H92O8. The van der Waals surface area contributed by atoms with Crippen molar-refractivity contribution in [3.05, 3.63) is 306 Å². The van der Waals surface area contributed by atoms with E-state index in [0.717, 1.165) is 112 Å². The fourth-order valence-electron chi connectivity index (χ4n) is 12.1. The molecule has 10 aromatic rings. The van der Waals surface area contributed by atoms with E-state index in [0.29, 0.717) is 75.1 Å². The maximum Gasteiger partial charge on any atom is 0.126 e. The zero-order valence-electron chi connectivity index (χ0n) is 57.0. The van der Waals surface area contributed by atoms with E-state index >= 15 is 0 Å². The zero-order chi connectivity index (χ0) is 66.4. The highest BCUT2D eigenvalue weighted by molar-refractivity contribution is 5.60. The van der Waals surface area contributed by atoms with Crippen LogP contribution in [0.25, 0.3) is 0 Å². The Morgan fingerprint density at radius 3 is 0.681 bits per heavy atom. The van der Waals surface area contributed by atoms with Crippen molar-refractivity contribution in [2.45, 2.75) is 170 Å². The molecule has 1 aliphatic rings. The Balaban J connectivity index is 1.10. The molecule has 0 fully saturated rings. The van der Waals surface area contributed by atoms with Crippen LogP contribution in [-0.2, 0) is 87.0 Å². The van der Waals surface area contributed by atoms with Gasteiger partial charge in [0.25, 0.3) is 0 Å². The highest BCUT2D eigenvalue weighted by atomic mass is 16.5. The first kappa shape index (κ1) is 66.1. The molecule has 0 aliphatic heterocycles. The third kappa shape index (κ3) is 16.9. The minimum atomic E-state index is -0.296. The summed E-state index contributed by atoms with van der Waals surface area (Å²) in [5, 5.41) is 25.8. The third-order valence-electron chi connectivity index (χ3n) is 17.6. The van der Waals surface area contributed by atoms with Crippen LogP contribution in [-0.4, -0.2) is 10.2 Å². The molecule has 0 saturated heterocycles. The van der Waals surface area contributed by atoms with E-state index < -0.39 is 0 Å². The summed E-state index contributed by atoms with van der Waals surface area (Å²) in [5.41, 5.74) is 16.1. The van der Waals surface area contributed by atoms with Crippen molar-refractivity contribution in [1.82, 2.24) is 0 Å². The Morgan fingerprint density at radius 1 is 0.245 bits per heavy atom. The van der Waals surface area contributed by atoms with Crippen LogP contribution in [0.3, 0.4) is 0 Å². The Hall–Kier alpha value is -9.40. The molecule has 0 amide bonds. The van der Waals surface area contributed by atoms with Crippen LogP contribution in [0.4, 0.5) is 0 Å². The van der Waals surface area contributed by atoms with Gasteiger partial charge in [0.15, 0.2) is 0 Å². The maximum absolute atomic E-state index is 12.9. The average molecular weight is 1250 g/mol. The van der Waals surface area contributed by atoms with Crippen LogP contribution in [0, 0.1) is 0 Å². The van der Waals surface area contributed by atoms with Gasteiger partial charge >= 0.3 is 0 Å². The van der Waals surface area contributed by atoms with Crippen molar-refractivity contribution < 1.29 is 38.6 Å². The van der Waals surface area contributed by atoms with Gasteiger partial charge < -0.3 is 38.6 Å². The number of aromatic hydroxyl groups is 2. The molecule has 0 atom stereocenters. The lowest BCUT2D eigenvalue weighted by atomic mass is 9.79. The van der Waals surface area contributed by atoms with E-state index in [1.165, 1.54) is 0 Å². The van der Waals surface area contributed by atoms with Crippen molar-refractivity contribution in [1.29, 1.82) is 0 Å². The van der Waals surface area contributed by atoms with Gasteiger partial charge in [-0.2, -0.15) is 0 Å². The van der Waals surface area contributed by atoms with Crippen molar-refractivity contribution in [2.75, 3.05) is 0 Å². The molecule has 94 heavy (non-hydrogen) atoms. The smallest absolute Gasteiger partial charge is 0.126 e. The molecular weight excluding hydrogens is 1160 g/mol. The fraction of sp³-hybridized carbons (Fsp3) is 0.302. The van der Waals surface area contributed by atoms with Crippen molar-refractivity contribution in [3.8, 4) is 46.0 Å². The zero-order valence-corrected chi connectivity index (χ0v) is 57.0. The summed E-state index contributed by atoms with van der Waals surface area (Å²) in [7, 11) is 0. The van der Waals surface area contributed by atoms with Gasteiger partial charge in [-0.05, 0) is 146 Å². The summed E-state index contributed by atoms with van der Waals surface area (Å²) in [6.45, 7) is 28.7. The van der Waals surface area contributed by atoms with Gasteiger partial charge in [0.2, 0.25) is 0 Å². The molecule has 0 radical (unpaired) electrons. The first-order chi connectivity index (χ1) is 44.8. The molecule has 0 spiro atoms. The first-order valence-corrected chi connectivity index (χ1v) is 33.1.